The minimum absolute atomic E-state index is 0.312. The molecule has 0 aliphatic heterocycles. The average Bonchev–Trinajstić information content (AvgIpc) is 2.41. The Labute approximate surface area is 121 Å². The first-order chi connectivity index (χ1) is 9.47. The molecule has 20 heavy (non-hydrogen) atoms. The highest BCUT2D eigenvalue weighted by Crippen LogP contribution is 2.16. The van der Waals surface area contributed by atoms with E-state index in [2.05, 4.69) is 15.9 Å². The van der Waals surface area contributed by atoms with Crippen molar-refractivity contribution in [1.82, 2.24) is 0 Å². The van der Waals surface area contributed by atoms with E-state index in [0.717, 1.165) is 22.7 Å². The molecule has 0 atom stereocenters. The number of benzene rings is 2. The van der Waals surface area contributed by atoms with Gasteiger partial charge >= 0.3 is 0 Å². The largest absolute Gasteiger partial charge is 0.289 e. The van der Waals surface area contributed by atoms with Crippen LogP contribution in [0.5, 0.6) is 0 Å². The van der Waals surface area contributed by atoms with E-state index < -0.39 is 17.5 Å². The van der Waals surface area contributed by atoms with Crippen molar-refractivity contribution in [1.29, 1.82) is 0 Å². The van der Waals surface area contributed by atoms with Gasteiger partial charge in [0.2, 0.25) is 0 Å². The zero-order valence-electron chi connectivity index (χ0n) is 10.0. The monoisotopic (exact) mass is 340 g/mol. The van der Waals surface area contributed by atoms with E-state index >= 15 is 0 Å². The molecule has 2 aromatic rings. The normalized spacial score (nSPS) is 11.0. The Bertz CT molecular complexity index is 678. The van der Waals surface area contributed by atoms with Crippen LogP contribution in [0.2, 0.25) is 0 Å². The molecule has 5 heteroatoms. The third-order valence-corrected chi connectivity index (χ3v) is 3.09. The summed E-state index contributed by atoms with van der Waals surface area (Å²) in [6.45, 7) is 0. The van der Waals surface area contributed by atoms with Crippen LogP contribution in [-0.2, 0) is 0 Å². The summed E-state index contributed by atoms with van der Waals surface area (Å²) in [4.78, 5) is 11.8. The Kier molecular flexibility index (Phi) is 4.39. The van der Waals surface area contributed by atoms with Crippen molar-refractivity contribution in [2.24, 2.45) is 0 Å². The Hall–Kier alpha value is -1.88. The molecule has 0 spiro atoms. The SMILES string of the molecule is O=C(/C=C/c1cc(F)cc(F)c1F)c1ccc(Br)cc1. The van der Waals surface area contributed by atoms with Crippen LogP contribution in [0.3, 0.4) is 0 Å². The predicted molar refractivity (Wildman–Crippen MR) is 73.8 cm³/mol. The number of carbonyl (C=O) groups excluding carboxylic acids is 1. The van der Waals surface area contributed by atoms with E-state index in [4.69, 9.17) is 0 Å². The summed E-state index contributed by atoms with van der Waals surface area (Å²) in [5, 5.41) is 0. The van der Waals surface area contributed by atoms with Crippen molar-refractivity contribution in [3.8, 4) is 0 Å². The Balaban J connectivity index is 2.25. The third-order valence-electron chi connectivity index (χ3n) is 2.56. The molecular formula is C15H8BrF3O. The molecule has 102 valence electrons. The zero-order chi connectivity index (χ0) is 14.7. The van der Waals surface area contributed by atoms with Gasteiger partial charge in [-0.05, 0) is 42.5 Å². The van der Waals surface area contributed by atoms with E-state index in [0.29, 0.717) is 11.6 Å². The molecule has 0 aliphatic rings. The second-order valence-electron chi connectivity index (χ2n) is 4.00. The van der Waals surface area contributed by atoms with Gasteiger partial charge in [-0.15, -0.1) is 0 Å². The van der Waals surface area contributed by atoms with Gasteiger partial charge in [-0.2, -0.15) is 0 Å². The Morgan fingerprint density at radius 1 is 1.05 bits per heavy atom. The number of halogens is 4. The molecule has 0 saturated heterocycles. The van der Waals surface area contributed by atoms with Gasteiger partial charge in [-0.1, -0.05) is 15.9 Å². The second kappa shape index (κ2) is 6.05. The first-order valence-corrected chi connectivity index (χ1v) is 6.39. The van der Waals surface area contributed by atoms with Crippen LogP contribution < -0.4 is 0 Å². The number of hydrogen-bond acceptors (Lipinski definition) is 1. The van der Waals surface area contributed by atoms with Gasteiger partial charge in [0.05, 0.1) is 0 Å². The highest BCUT2D eigenvalue weighted by Gasteiger charge is 2.09. The molecule has 0 aliphatic carbocycles. The smallest absolute Gasteiger partial charge is 0.185 e. The van der Waals surface area contributed by atoms with Crippen molar-refractivity contribution in [3.05, 3.63) is 75.5 Å². The van der Waals surface area contributed by atoms with Crippen LogP contribution in [0.4, 0.5) is 13.2 Å². The lowest BCUT2D eigenvalue weighted by Crippen LogP contribution is -1.95. The third kappa shape index (κ3) is 3.36. The molecule has 2 rings (SSSR count). The van der Waals surface area contributed by atoms with Crippen molar-refractivity contribution < 1.29 is 18.0 Å². The van der Waals surface area contributed by atoms with Crippen molar-refractivity contribution in [2.75, 3.05) is 0 Å². The lowest BCUT2D eigenvalue weighted by molar-refractivity contribution is 0.104. The summed E-state index contributed by atoms with van der Waals surface area (Å²) in [6, 6.07) is 7.80. The maximum Gasteiger partial charge on any atom is 0.185 e. The van der Waals surface area contributed by atoms with Gasteiger partial charge in [0.25, 0.3) is 0 Å². The second-order valence-corrected chi connectivity index (χ2v) is 4.91. The highest BCUT2D eigenvalue weighted by atomic mass is 79.9. The molecule has 0 aromatic heterocycles. The van der Waals surface area contributed by atoms with Crippen LogP contribution in [0.15, 0.2) is 46.9 Å². The minimum Gasteiger partial charge on any atom is -0.289 e. The molecule has 1 nitrogen and oxygen atoms in total. The average molecular weight is 341 g/mol. The maximum absolute atomic E-state index is 13.4. The summed E-state index contributed by atoms with van der Waals surface area (Å²) in [6.07, 6.45) is 2.12. The summed E-state index contributed by atoms with van der Waals surface area (Å²) in [5.74, 6) is -3.77. The quantitative estimate of drug-likeness (QED) is 0.447. The van der Waals surface area contributed by atoms with E-state index in [1.54, 1.807) is 24.3 Å². The van der Waals surface area contributed by atoms with Crippen molar-refractivity contribution >= 4 is 27.8 Å². The molecular weight excluding hydrogens is 333 g/mol. The molecule has 0 heterocycles. The summed E-state index contributed by atoms with van der Waals surface area (Å²) in [5.41, 5.74) is 0.0784. The summed E-state index contributed by atoms with van der Waals surface area (Å²) in [7, 11) is 0. The minimum atomic E-state index is -1.29. The van der Waals surface area contributed by atoms with Gasteiger partial charge < -0.3 is 0 Å². The maximum atomic E-state index is 13.4. The van der Waals surface area contributed by atoms with E-state index in [-0.39, 0.29) is 11.3 Å². The lowest BCUT2D eigenvalue weighted by atomic mass is 10.1. The molecule has 0 unspecified atom stereocenters. The first-order valence-electron chi connectivity index (χ1n) is 5.60. The molecule has 0 saturated carbocycles. The van der Waals surface area contributed by atoms with Gasteiger partial charge in [0.15, 0.2) is 17.4 Å². The standard InChI is InChI=1S/C15H8BrF3O/c16-11-4-1-9(2-5-11)14(20)6-3-10-7-12(17)8-13(18)15(10)19/h1-8H/b6-3+. The number of rotatable bonds is 3. The molecule has 0 fully saturated rings. The van der Waals surface area contributed by atoms with Crippen molar-refractivity contribution in [3.63, 3.8) is 0 Å². The molecule has 0 bridgehead atoms. The number of hydrogen-bond donors (Lipinski definition) is 0. The van der Waals surface area contributed by atoms with Crippen LogP contribution >= 0.6 is 15.9 Å². The molecule has 0 radical (unpaired) electrons. The van der Waals surface area contributed by atoms with Crippen LogP contribution in [0.25, 0.3) is 6.08 Å². The van der Waals surface area contributed by atoms with E-state index in [9.17, 15) is 18.0 Å². The fourth-order valence-corrected chi connectivity index (χ4v) is 1.84. The van der Waals surface area contributed by atoms with Gasteiger partial charge in [0, 0.05) is 21.7 Å². The summed E-state index contributed by atoms with van der Waals surface area (Å²) < 4.78 is 40.2. The van der Waals surface area contributed by atoms with Gasteiger partial charge in [0.1, 0.15) is 5.82 Å². The fourth-order valence-electron chi connectivity index (χ4n) is 1.57. The molecule has 0 amide bonds. The van der Waals surface area contributed by atoms with Gasteiger partial charge in [-0.25, -0.2) is 13.2 Å². The Morgan fingerprint density at radius 2 is 1.70 bits per heavy atom. The van der Waals surface area contributed by atoms with Gasteiger partial charge in [-0.3, -0.25) is 4.79 Å². The lowest BCUT2D eigenvalue weighted by Gasteiger charge is -1.99. The van der Waals surface area contributed by atoms with Crippen LogP contribution in [0.1, 0.15) is 15.9 Å². The fraction of sp³-hybridized carbons (Fsp3) is 0. The van der Waals surface area contributed by atoms with E-state index in [1.165, 1.54) is 0 Å². The molecule has 2 aromatic carbocycles. The number of carbonyl (C=O) groups is 1. The van der Waals surface area contributed by atoms with Crippen LogP contribution in [-0.4, -0.2) is 5.78 Å². The van der Waals surface area contributed by atoms with E-state index in [1.807, 2.05) is 0 Å². The van der Waals surface area contributed by atoms with Crippen LogP contribution in [0, 0.1) is 17.5 Å². The molecule has 0 N–H and O–H groups in total. The first kappa shape index (κ1) is 14.5. The number of allylic oxidation sites excluding steroid dienone is 1. The number of ketones is 1. The van der Waals surface area contributed by atoms with Crippen molar-refractivity contribution in [2.45, 2.75) is 0 Å². The predicted octanol–water partition coefficient (Wildman–Crippen LogP) is 4.76. The highest BCUT2D eigenvalue weighted by molar-refractivity contribution is 9.10. The zero-order valence-corrected chi connectivity index (χ0v) is 11.6. The Morgan fingerprint density at radius 3 is 2.35 bits per heavy atom. The topological polar surface area (TPSA) is 17.1 Å². The summed E-state index contributed by atoms with van der Waals surface area (Å²) >= 11 is 3.23.